The number of carbonyl (C=O) groups is 2. The zero-order valence-electron chi connectivity index (χ0n) is 16.9. The van der Waals surface area contributed by atoms with E-state index in [9.17, 15) is 14.0 Å². The van der Waals surface area contributed by atoms with E-state index in [1.165, 1.54) is 11.0 Å². The van der Waals surface area contributed by atoms with Crippen molar-refractivity contribution in [2.75, 3.05) is 11.9 Å². The first-order chi connectivity index (χ1) is 15.5. The van der Waals surface area contributed by atoms with Gasteiger partial charge in [-0.2, -0.15) is 5.10 Å². The van der Waals surface area contributed by atoms with E-state index in [0.717, 1.165) is 0 Å². The monoisotopic (exact) mass is 428 g/mol. The van der Waals surface area contributed by atoms with Crippen molar-refractivity contribution in [3.8, 4) is 0 Å². The molecule has 2 aromatic carbocycles. The van der Waals surface area contributed by atoms with Crippen molar-refractivity contribution in [2.24, 2.45) is 4.99 Å². The molecule has 1 aliphatic heterocycles. The summed E-state index contributed by atoms with van der Waals surface area (Å²) in [5.74, 6) is -1.51. The molecule has 1 atom stereocenters. The molecule has 5 rings (SSSR count). The summed E-state index contributed by atoms with van der Waals surface area (Å²) in [7, 11) is 1.59. The molecule has 0 saturated carbocycles. The SMILES string of the molecule is CN1C(=O)C(NC(=O)c2[nH]nc3ncccc23)N=C(c2ccccc2F)c2ccccc21. The van der Waals surface area contributed by atoms with Gasteiger partial charge in [-0.1, -0.05) is 30.3 Å². The predicted octanol–water partition coefficient (Wildman–Crippen LogP) is 2.67. The fourth-order valence-electron chi connectivity index (χ4n) is 3.70. The Balaban J connectivity index is 1.60. The lowest BCUT2D eigenvalue weighted by Gasteiger charge is -2.20. The normalized spacial score (nSPS) is 15.8. The highest BCUT2D eigenvalue weighted by molar-refractivity contribution is 6.20. The summed E-state index contributed by atoms with van der Waals surface area (Å²) in [5.41, 5.74) is 2.20. The second-order valence-electron chi connectivity index (χ2n) is 7.22. The lowest BCUT2D eigenvalue weighted by molar-refractivity contribution is -0.119. The van der Waals surface area contributed by atoms with Gasteiger partial charge in [-0.05, 0) is 30.3 Å². The standard InChI is InChI=1S/C23H17FN6O2/c1-30-17-11-5-3-8-14(17)18(13-7-2-4-10-16(13)24)26-21(23(30)32)27-22(31)19-15-9-6-12-25-20(15)29-28-19/h2-12,21H,1H3,(H,27,31)(H,25,28,29). The highest BCUT2D eigenvalue weighted by Gasteiger charge is 2.32. The number of nitrogens with zero attached hydrogens (tertiary/aromatic N) is 4. The van der Waals surface area contributed by atoms with Crippen LogP contribution in [0.2, 0.25) is 0 Å². The fourth-order valence-corrected chi connectivity index (χ4v) is 3.70. The second-order valence-corrected chi connectivity index (χ2v) is 7.22. The van der Waals surface area contributed by atoms with Gasteiger partial charge in [-0.3, -0.25) is 14.7 Å². The molecule has 4 aromatic rings. The first-order valence-electron chi connectivity index (χ1n) is 9.84. The van der Waals surface area contributed by atoms with E-state index in [-0.39, 0.29) is 17.0 Å². The van der Waals surface area contributed by atoms with Gasteiger partial charge in [-0.25, -0.2) is 14.4 Å². The predicted molar refractivity (Wildman–Crippen MR) is 117 cm³/mol. The van der Waals surface area contributed by atoms with Crippen LogP contribution in [0.4, 0.5) is 10.1 Å². The molecule has 0 bridgehead atoms. The number of carbonyl (C=O) groups excluding carboxylic acids is 2. The number of H-pyrrole nitrogens is 1. The van der Waals surface area contributed by atoms with Crippen molar-refractivity contribution >= 4 is 34.2 Å². The number of pyridine rings is 1. The molecule has 0 fully saturated rings. The lowest BCUT2D eigenvalue weighted by Crippen LogP contribution is -2.46. The first-order valence-corrected chi connectivity index (χ1v) is 9.84. The van der Waals surface area contributed by atoms with Gasteiger partial charge in [0.05, 0.1) is 16.8 Å². The van der Waals surface area contributed by atoms with Crippen LogP contribution in [0.25, 0.3) is 11.0 Å². The summed E-state index contributed by atoms with van der Waals surface area (Å²) in [6.45, 7) is 0. The third-order valence-electron chi connectivity index (χ3n) is 5.30. The number of aromatic amines is 1. The van der Waals surface area contributed by atoms with Crippen LogP contribution >= 0.6 is 0 Å². The molecule has 3 heterocycles. The van der Waals surface area contributed by atoms with Gasteiger partial charge in [0.25, 0.3) is 11.8 Å². The van der Waals surface area contributed by atoms with E-state index >= 15 is 0 Å². The lowest BCUT2D eigenvalue weighted by atomic mass is 10.00. The van der Waals surface area contributed by atoms with Crippen LogP contribution in [-0.4, -0.2) is 45.9 Å². The molecule has 1 unspecified atom stereocenters. The number of hydrogen-bond donors (Lipinski definition) is 2. The molecule has 8 nitrogen and oxygen atoms in total. The number of amides is 2. The molecule has 2 amide bonds. The van der Waals surface area contributed by atoms with E-state index in [2.05, 4.69) is 25.5 Å². The van der Waals surface area contributed by atoms with Gasteiger partial charge < -0.3 is 10.2 Å². The molecule has 0 spiro atoms. The summed E-state index contributed by atoms with van der Waals surface area (Å²) in [6.07, 6.45) is 0.293. The number of hydrogen-bond acceptors (Lipinski definition) is 5. The molecule has 1 aliphatic rings. The zero-order chi connectivity index (χ0) is 22.2. The number of fused-ring (bicyclic) bond motifs is 2. The van der Waals surface area contributed by atoms with Crippen molar-refractivity contribution in [2.45, 2.75) is 6.17 Å². The summed E-state index contributed by atoms with van der Waals surface area (Å²) >= 11 is 0. The number of benzene rings is 2. The minimum absolute atomic E-state index is 0.160. The van der Waals surface area contributed by atoms with Crippen LogP contribution in [0.3, 0.4) is 0 Å². The molecule has 158 valence electrons. The largest absolute Gasteiger partial charge is 0.321 e. The van der Waals surface area contributed by atoms with E-state index < -0.39 is 23.8 Å². The molecule has 2 N–H and O–H groups in total. The van der Waals surface area contributed by atoms with Crippen molar-refractivity contribution in [1.29, 1.82) is 0 Å². The average molecular weight is 428 g/mol. The third kappa shape index (κ3) is 3.20. The highest BCUT2D eigenvalue weighted by atomic mass is 19.1. The highest BCUT2D eigenvalue weighted by Crippen LogP contribution is 2.28. The van der Waals surface area contributed by atoms with E-state index in [4.69, 9.17) is 0 Å². The Bertz CT molecular complexity index is 1400. The van der Waals surface area contributed by atoms with Crippen molar-refractivity contribution in [3.63, 3.8) is 0 Å². The van der Waals surface area contributed by atoms with Crippen LogP contribution in [0.15, 0.2) is 71.9 Å². The molecule has 2 aromatic heterocycles. The van der Waals surface area contributed by atoms with Crippen molar-refractivity contribution in [1.82, 2.24) is 20.5 Å². The Morgan fingerprint density at radius 2 is 1.81 bits per heavy atom. The smallest absolute Gasteiger partial charge is 0.272 e. The van der Waals surface area contributed by atoms with Gasteiger partial charge in [0, 0.05) is 24.4 Å². The number of nitrogens with one attached hydrogen (secondary N) is 2. The molecular weight excluding hydrogens is 411 g/mol. The third-order valence-corrected chi connectivity index (χ3v) is 5.30. The Hall–Kier alpha value is -4.40. The summed E-state index contributed by atoms with van der Waals surface area (Å²) < 4.78 is 14.7. The van der Waals surface area contributed by atoms with Gasteiger partial charge in [-0.15, -0.1) is 0 Å². The number of aliphatic imine (C=N–C) groups is 1. The van der Waals surface area contributed by atoms with Crippen LogP contribution in [0, 0.1) is 5.82 Å². The summed E-state index contributed by atoms with van der Waals surface area (Å²) in [5, 5.41) is 9.83. The molecule has 0 saturated heterocycles. The van der Waals surface area contributed by atoms with Gasteiger partial charge >= 0.3 is 0 Å². The summed E-state index contributed by atoms with van der Waals surface area (Å²) in [4.78, 5) is 36.2. The van der Waals surface area contributed by atoms with Gasteiger partial charge in [0.15, 0.2) is 5.65 Å². The Labute approximate surface area is 181 Å². The Kier molecular flexibility index (Phi) is 4.70. The number of anilines is 1. The van der Waals surface area contributed by atoms with Crippen molar-refractivity contribution < 1.29 is 14.0 Å². The molecule has 32 heavy (non-hydrogen) atoms. The minimum atomic E-state index is -1.27. The van der Waals surface area contributed by atoms with Crippen LogP contribution < -0.4 is 10.2 Å². The number of para-hydroxylation sites is 1. The number of likely N-dealkylation sites (N-methyl/N-ethyl adjacent to an activating group) is 1. The van der Waals surface area contributed by atoms with E-state index in [0.29, 0.717) is 22.3 Å². The first kappa shape index (κ1) is 19.6. The van der Waals surface area contributed by atoms with Gasteiger partial charge in [0.2, 0.25) is 6.17 Å². The van der Waals surface area contributed by atoms with Crippen LogP contribution in [0.5, 0.6) is 0 Å². The number of halogens is 1. The average Bonchev–Trinajstić information content (AvgIpc) is 3.22. The number of benzodiazepines with no additional fused rings is 1. The molecule has 9 heteroatoms. The number of rotatable bonds is 3. The van der Waals surface area contributed by atoms with Gasteiger partial charge in [0.1, 0.15) is 11.5 Å². The second kappa shape index (κ2) is 7.69. The Morgan fingerprint density at radius 3 is 2.62 bits per heavy atom. The van der Waals surface area contributed by atoms with E-state index in [1.807, 2.05) is 0 Å². The maximum absolute atomic E-state index is 14.7. The van der Waals surface area contributed by atoms with Crippen LogP contribution in [-0.2, 0) is 4.79 Å². The van der Waals surface area contributed by atoms with Crippen LogP contribution in [0.1, 0.15) is 21.6 Å². The Morgan fingerprint density at radius 1 is 1.06 bits per heavy atom. The fraction of sp³-hybridized carbons (Fsp3) is 0.0870. The molecule has 0 radical (unpaired) electrons. The maximum Gasteiger partial charge on any atom is 0.272 e. The van der Waals surface area contributed by atoms with E-state index in [1.54, 1.807) is 67.8 Å². The van der Waals surface area contributed by atoms with Crippen molar-refractivity contribution in [3.05, 3.63) is 89.5 Å². The molecule has 0 aliphatic carbocycles. The quantitative estimate of drug-likeness (QED) is 0.524. The minimum Gasteiger partial charge on any atom is -0.321 e. The topological polar surface area (TPSA) is 103 Å². The maximum atomic E-state index is 14.7. The zero-order valence-corrected chi connectivity index (χ0v) is 16.9. The molecular formula is C23H17FN6O2. The number of aromatic nitrogens is 3. The summed E-state index contributed by atoms with van der Waals surface area (Å²) in [6, 6.07) is 16.7.